The van der Waals surface area contributed by atoms with Gasteiger partial charge < -0.3 is 20.6 Å². The van der Waals surface area contributed by atoms with E-state index in [1.165, 1.54) is 17.0 Å². The van der Waals surface area contributed by atoms with Crippen LogP contribution in [0.5, 0.6) is 0 Å². The third-order valence-corrected chi connectivity index (χ3v) is 4.22. The molecule has 9 heteroatoms. The highest BCUT2D eigenvalue weighted by Gasteiger charge is 2.20. The number of pyridine rings is 1. The quantitative estimate of drug-likeness (QED) is 0.787. The number of anilines is 3. The molecule has 124 valence electrons. The molecule has 0 aliphatic carbocycles. The predicted octanol–water partition coefficient (Wildman–Crippen LogP) is 1.16. The fraction of sp³-hybridized carbons (Fsp3) is 0.429. The second-order valence-electron chi connectivity index (χ2n) is 5.11. The van der Waals surface area contributed by atoms with E-state index >= 15 is 0 Å². The Morgan fingerprint density at radius 1 is 1.13 bits per heavy atom. The number of rotatable bonds is 2. The van der Waals surface area contributed by atoms with Crippen LogP contribution in [-0.4, -0.2) is 52.9 Å². The third-order valence-electron chi connectivity index (χ3n) is 3.41. The molecule has 2 aromatic heterocycles. The molecule has 8 nitrogen and oxygen atoms in total. The molecule has 3 heterocycles. The molecule has 1 aliphatic rings. The summed E-state index contributed by atoms with van der Waals surface area (Å²) in [4.78, 5) is 17.4. The van der Waals surface area contributed by atoms with Crippen LogP contribution in [0.25, 0.3) is 0 Å². The van der Waals surface area contributed by atoms with E-state index < -0.39 is 0 Å². The van der Waals surface area contributed by atoms with Crippen LogP contribution in [0.15, 0.2) is 12.1 Å². The van der Waals surface area contributed by atoms with Crippen LogP contribution >= 0.6 is 11.3 Å². The molecule has 3 rings (SSSR count). The van der Waals surface area contributed by atoms with Crippen molar-refractivity contribution in [3.05, 3.63) is 23.5 Å². The summed E-state index contributed by atoms with van der Waals surface area (Å²) in [7, 11) is 0. The van der Waals surface area contributed by atoms with E-state index in [-0.39, 0.29) is 6.47 Å². The van der Waals surface area contributed by atoms with Crippen molar-refractivity contribution in [2.45, 2.75) is 13.8 Å². The van der Waals surface area contributed by atoms with E-state index in [4.69, 9.17) is 15.6 Å². The largest absolute Gasteiger partial charge is 0.483 e. The van der Waals surface area contributed by atoms with Crippen LogP contribution in [0.3, 0.4) is 0 Å². The fourth-order valence-electron chi connectivity index (χ4n) is 2.51. The van der Waals surface area contributed by atoms with Gasteiger partial charge in [0, 0.05) is 43.3 Å². The lowest BCUT2D eigenvalue weighted by molar-refractivity contribution is -0.122. The normalized spacial score (nSPS) is 14.2. The minimum Gasteiger partial charge on any atom is -0.483 e. The number of aromatic nitrogens is 3. The molecule has 1 saturated heterocycles. The predicted molar refractivity (Wildman–Crippen MR) is 91.2 cm³/mol. The van der Waals surface area contributed by atoms with Gasteiger partial charge in [-0.15, -0.1) is 10.2 Å². The van der Waals surface area contributed by atoms with Gasteiger partial charge in [0.2, 0.25) is 10.3 Å². The minimum atomic E-state index is -0.250. The number of hydrogen-bond acceptors (Lipinski definition) is 8. The van der Waals surface area contributed by atoms with Gasteiger partial charge in [0.25, 0.3) is 6.47 Å². The van der Waals surface area contributed by atoms with Gasteiger partial charge >= 0.3 is 0 Å². The Morgan fingerprint density at radius 3 is 2.13 bits per heavy atom. The van der Waals surface area contributed by atoms with E-state index in [2.05, 4.69) is 37.1 Å². The van der Waals surface area contributed by atoms with Crippen molar-refractivity contribution in [1.29, 1.82) is 0 Å². The average molecular weight is 336 g/mol. The first-order chi connectivity index (χ1) is 11.0. The summed E-state index contributed by atoms with van der Waals surface area (Å²) < 4.78 is 0. The molecule has 3 N–H and O–H groups in total. The van der Waals surface area contributed by atoms with Gasteiger partial charge in [-0.25, -0.2) is 0 Å². The molecule has 2 aromatic rings. The highest BCUT2D eigenvalue weighted by molar-refractivity contribution is 7.18. The van der Waals surface area contributed by atoms with Gasteiger partial charge in [0.1, 0.15) is 0 Å². The topological polar surface area (TPSA) is 108 Å². The molecule has 0 spiro atoms. The first kappa shape index (κ1) is 16.9. The van der Waals surface area contributed by atoms with E-state index in [9.17, 15) is 0 Å². The lowest BCUT2D eigenvalue weighted by atomic mass is 10.2. The van der Waals surface area contributed by atoms with Crippen LogP contribution in [-0.2, 0) is 4.79 Å². The summed E-state index contributed by atoms with van der Waals surface area (Å²) in [5.74, 6) is 0. The van der Waals surface area contributed by atoms with Crippen LogP contribution in [0.1, 0.15) is 11.4 Å². The highest BCUT2D eigenvalue weighted by atomic mass is 32.1. The fourth-order valence-corrected chi connectivity index (χ4v) is 3.17. The molecule has 0 bridgehead atoms. The van der Waals surface area contributed by atoms with Gasteiger partial charge in [0.15, 0.2) is 0 Å². The van der Waals surface area contributed by atoms with Crippen molar-refractivity contribution in [3.63, 3.8) is 0 Å². The Balaban J connectivity index is 0.000000595. The zero-order chi connectivity index (χ0) is 16.8. The number of carbonyl (C=O) groups is 1. The van der Waals surface area contributed by atoms with E-state index in [1.807, 2.05) is 13.8 Å². The maximum Gasteiger partial charge on any atom is 0.290 e. The van der Waals surface area contributed by atoms with Crippen molar-refractivity contribution >= 4 is 33.8 Å². The molecule has 0 atom stereocenters. The maximum absolute atomic E-state index is 8.36. The summed E-state index contributed by atoms with van der Waals surface area (Å²) in [6.07, 6.45) is 0. The molecule has 1 fully saturated rings. The van der Waals surface area contributed by atoms with Gasteiger partial charge in [0.05, 0.1) is 0 Å². The zero-order valence-electron chi connectivity index (χ0n) is 13.1. The molecule has 0 aromatic carbocycles. The number of piperazine rings is 1. The van der Waals surface area contributed by atoms with Crippen LogP contribution in [0, 0.1) is 13.8 Å². The Kier molecular flexibility index (Phi) is 5.69. The second-order valence-corrected chi connectivity index (χ2v) is 6.10. The molecule has 23 heavy (non-hydrogen) atoms. The van der Waals surface area contributed by atoms with Crippen molar-refractivity contribution in [2.24, 2.45) is 0 Å². The Hall–Kier alpha value is -2.42. The van der Waals surface area contributed by atoms with Crippen LogP contribution in [0.4, 0.5) is 16.0 Å². The molecule has 0 radical (unpaired) electrons. The number of nitrogens with two attached hydrogens (primary N) is 1. The maximum atomic E-state index is 8.36. The average Bonchev–Trinajstić information content (AvgIpc) is 2.94. The molecule has 0 saturated carbocycles. The molecule has 0 amide bonds. The number of nitrogens with zero attached hydrogens (tertiary/aromatic N) is 5. The number of aryl methyl sites for hydroxylation is 2. The van der Waals surface area contributed by atoms with E-state index in [0.29, 0.717) is 5.13 Å². The SMILES string of the molecule is Cc1cc(N2CCN(c3nnc(N)s3)CC2)cc(C)n1.O=CO. The second kappa shape index (κ2) is 7.73. The summed E-state index contributed by atoms with van der Waals surface area (Å²) >= 11 is 1.45. The molecule has 1 aliphatic heterocycles. The lowest BCUT2D eigenvalue weighted by Crippen LogP contribution is -2.46. The molecular weight excluding hydrogens is 316 g/mol. The smallest absolute Gasteiger partial charge is 0.290 e. The lowest BCUT2D eigenvalue weighted by Gasteiger charge is -2.35. The van der Waals surface area contributed by atoms with Gasteiger partial charge in [-0.1, -0.05) is 11.3 Å². The van der Waals surface area contributed by atoms with E-state index in [1.54, 1.807) is 0 Å². The summed E-state index contributed by atoms with van der Waals surface area (Å²) in [5.41, 5.74) is 9.03. The standard InChI is InChI=1S/C13H18N6S.CH2O2/c1-9-7-11(8-10(2)15-9)18-3-5-19(6-4-18)13-17-16-12(14)20-13;2-1-3/h7-8H,3-6H2,1-2H3,(H2,14,16);1H,(H,2,3). The molecule has 0 unspecified atom stereocenters. The first-order valence-electron chi connectivity index (χ1n) is 7.15. The highest BCUT2D eigenvalue weighted by Crippen LogP contribution is 2.24. The minimum absolute atomic E-state index is 0.250. The third kappa shape index (κ3) is 4.52. The van der Waals surface area contributed by atoms with E-state index in [0.717, 1.165) is 42.7 Å². The summed E-state index contributed by atoms with van der Waals surface area (Å²) in [6.45, 7) is 7.66. The number of hydrogen-bond donors (Lipinski definition) is 2. The molecular formula is C14H20N6O2S. The first-order valence-corrected chi connectivity index (χ1v) is 7.97. The Bertz CT molecular complexity index is 634. The summed E-state index contributed by atoms with van der Waals surface area (Å²) in [5, 5.41) is 16.3. The van der Waals surface area contributed by atoms with Gasteiger partial charge in [-0.3, -0.25) is 9.78 Å². The van der Waals surface area contributed by atoms with Crippen LogP contribution < -0.4 is 15.5 Å². The van der Waals surface area contributed by atoms with Crippen molar-refractivity contribution in [2.75, 3.05) is 41.7 Å². The number of nitrogen functional groups attached to an aromatic ring is 1. The Labute approximate surface area is 138 Å². The number of carboxylic acid groups (broad SMARTS) is 1. The zero-order valence-corrected chi connectivity index (χ0v) is 14.0. The van der Waals surface area contributed by atoms with Crippen molar-refractivity contribution in [1.82, 2.24) is 15.2 Å². The Morgan fingerprint density at radius 2 is 1.65 bits per heavy atom. The van der Waals surface area contributed by atoms with Crippen molar-refractivity contribution < 1.29 is 9.90 Å². The summed E-state index contributed by atoms with van der Waals surface area (Å²) in [6, 6.07) is 4.29. The monoisotopic (exact) mass is 336 g/mol. The van der Waals surface area contributed by atoms with Crippen molar-refractivity contribution in [3.8, 4) is 0 Å². The van der Waals surface area contributed by atoms with Gasteiger partial charge in [-0.05, 0) is 26.0 Å². The van der Waals surface area contributed by atoms with Gasteiger partial charge in [-0.2, -0.15) is 0 Å². The van der Waals surface area contributed by atoms with Crippen LogP contribution in [0.2, 0.25) is 0 Å².